The molecule has 1 aliphatic carbocycles. The van der Waals surface area contributed by atoms with Crippen LogP contribution in [-0.4, -0.2) is 63.7 Å². The van der Waals surface area contributed by atoms with Crippen molar-refractivity contribution in [2.75, 3.05) is 18.5 Å². The molecule has 6 atom stereocenters. The molecule has 0 amide bonds. The molecule has 30 heavy (non-hydrogen) atoms. The van der Waals surface area contributed by atoms with Gasteiger partial charge in [0.15, 0.2) is 11.8 Å². The third-order valence-electron chi connectivity index (χ3n) is 5.99. The second kappa shape index (κ2) is 7.09. The van der Waals surface area contributed by atoms with E-state index in [1.807, 2.05) is 6.07 Å². The number of aliphatic hydroxyl groups is 1. The first-order valence-electron chi connectivity index (χ1n) is 10.1. The first-order valence-corrected chi connectivity index (χ1v) is 10.5. The molecule has 2 aromatic heterocycles. The lowest BCUT2D eigenvalue weighted by atomic mass is 10.1. The predicted molar refractivity (Wildman–Crippen MR) is 110 cm³/mol. The van der Waals surface area contributed by atoms with Gasteiger partial charge < -0.3 is 29.6 Å². The van der Waals surface area contributed by atoms with E-state index in [0.717, 1.165) is 6.42 Å². The van der Waals surface area contributed by atoms with Crippen LogP contribution in [0.25, 0.3) is 11.2 Å². The monoisotopic (exact) mass is 428 g/mol. The standard InChI is InChI=1S/C21H21ClN4O4/c22-12-7-14-20(25-19(12)23-13-6-11(13)10-4-2-1-3-5-10)26-21(24-14)30-16-9-29-17-15(27)8-28-18(16)17/h1-5,7,11,13,15-18,27H,6,8-9H2,(H2,23,24,25,26)/t11-,13+,15-,16-,17-,18-/m1/s1. The zero-order valence-electron chi connectivity index (χ0n) is 16.0. The summed E-state index contributed by atoms with van der Waals surface area (Å²) in [5.74, 6) is 1.09. The highest BCUT2D eigenvalue weighted by molar-refractivity contribution is 6.33. The summed E-state index contributed by atoms with van der Waals surface area (Å²) in [5, 5.41) is 13.8. The maximum absolute atomic E-state index is 9.87. The Morgan fingerprint density at radius 1 is 1.13 bits per heavy atom. The van der Waals surface area contributed by atoms with Gasteiger partial charge in [0.2, 0.25) is 0 Å². The van der Waals surface area contributed by atoms with Gasteiger partial charge in [-0.15, -0.1) is 0 Å². The highest BCUT2D eigenvalue weighted by Crippen LogP contribution is 2.43. The van der Waals surface area contributed by atoms with Crippen molar-refractivity contribution in [3.05, 3.63) is 47.0 Å². The molecule has 2 saturated heterocycles. The van der Waals surface area contributed by atoms with Crippen LogP contribution in [0.3, 0.4) is 0 Å². The van der Waals surface area contributed by atoms with Crippen molar-refractivity contribution in [3.63, 3.8) is 0 Å². The van der Waals surface area contributed by atoms with Gasteiger partial charge >= 0.3 is 0 Å². The predicted octanol–water partition coefficient (Wildman–Crippen LogP) is 2.49. The van der Waals surface area contributed by atoms with Crippen LogP contribution in [0, 0.1) is 0 Å². The lowest BCUT2D eigenvalue weighted by Crippen LogP contribution is -2.34. The Labute approximate surface area is 177 Å². The Morgan fingerprint density at radius 2 is 1.97 bits per heavy atom. The fourth-order valence-electron chi connectivity index (χ4n) is 4.34. The topological polar surface area (TPSA) is 102 Å². The van der Waals surface area contributed by atoms with E-state index < -0.39 is 6.10 Å². The minimum atomic E-state index is -0.615. The number of imidazole rings is 1. The number of hydrogen-bond donors (Lipinski definition) is 3. The number of hydrogen-bond acceptors (Lipinski definition) is 7. The summed E-state index contributed by atoms with van der Waals surface area (Å²) in [6.07, 6.45) is -0.551. The fraction of sp³-hybridized carbons (Fsp3) is 0.429. The van der Waals surface area contributed by atoms with Crippen molar-refractivity contribution >= 4 is 28.6 Å². The average molecular weight is 429 g/mol. The van der Waals surface area contributed by atoms with Crippen LogP contribution in [0.1, 0.15) is 17.9 Å². The van der Waals surface area contributed by atoms with Gasteiger partial charge in [-0.3, -0.25) is 0 Å². The van der Waals surface area contributed by atoms with Gasteiger partial charge in [-0.2, -0.15) is 4.98 Å². The normalized spacial score (nSPS) is 32.3. The Hall–Kier alpha value is -2.39. The number of ether oxygens (including phenoxy) is 3. The maximum atomic E-state index is 9.87. The van der Waals surface area contributed by atoms with Gasteiger partial charge in [-0.05, 0) is 18.1 Å². The second-order valence-corrected chi connectivity index (χ2v) is 8.46. The number of H-pyrrole nitrogens is 1. The van der Waals surface area contributed by atoms with Crippen molar-refractivity contribution in [1.29, 1.82) is 0 Å². The van der Waals surface area contributed by atoms with E-state index in [1.54, 1.807) is 6.07 Å². The van der Waals surface area contributed by atoms with Gasteiger partial charge in [-0.25, -0.2) is 4.98 Å². The lowest BCUT2D eigenvalue weighted by Gasteiger charge is -2.15. The maximum Gasteiger partial charge on any atom is 0.296 e. The summed E-state index contributed by atoms with van der Waals surface area (Å²) in [6, 6.07) is 12.9. The van der Waals surface area contributed by atoms with Crippen LogP contribution in [0.4, 0.5) is 5.82 Å². The minimum absolute atomic E-state index is 0.257. The Kier molecular flexibility index (Phi) is 4.35. The van der Waals surface area contributed by atoms with E-state index in [-0.39, 0.29) is 24.9 Å². The molecule has 3 aromatic rings. The van der Waals surface area contributed by atoms with E-state index in [2.05, 4.69) is 44.5 Å². The fourth-order valence-corrected chi connectivity index (χ4v) is 4.55. The molecule has 3 fully saturated rings. The molecule has 0 unspecified atom stereocenters. The molecule has 9 heteroatoms. The molecule has 2 aliphatic heterocycles. The second-order valence-electron chi connectivity index (χ2n) is 8.06. The molecule has 3 N–H and O–H groups in total. The highest BCUT2D eigenvalue weighted by atomic mass is 35.5. The number of aliphatic hydroxyl groups excluding tert-OH is 1. The van der Waals surface area contributed by atoms with Crippen molar-refractivity contribution in [2.45, 2.75) is 42.8 Å². The minimum Gasteiger partial charge on any atom is -0.456 e. The molecule has 6 rings (SSSR count). The summed E-state index contributed by atoms with van der Waals surface area (Å²) < 4.78 is 17.1. The van der Waals surface area contributed by atoms with E-state index in [9.17, 15) is 5.11 Å². The zero-order chi connectivity index (χ0) is 20.2. The number of nitrogens with one attached hydrogen (secondary N) is 2. The van der Waals surface area contributed by atoms with Crippen LogP contribution in [0.15, 0.2) is 36.4 Å². The van der Waals surface area contributed by atoms with E-state index >= 15 is 0 Å². The number of anilines is 1. The first-order chi connectivity index (χ1) is 14.7. The van der Waals surface area contributed by atoms with Gasteiger partial charge in [0, 0.05) is 12.0 Å². The summed E-state index contributed by atoms with van der Waals surface area (Å²) in [4.78, 5) is 12.1. The molecule has 0 radical (unpaired) electrons. The van der Waals surface area contributed by atoms with E-state index in [1.165, 1.54) is 5.56 Å². The quantitative estimate of drug-likeness (QED) is 0.573. The lowest BCUT2D eigenvalue weighted by molar-refractivity contribution is 0.00706. The Morgan fingerprint density at radius 3 is 2.83 bits per heavy atom. The Bertz CT molecular complexity index is 1080. The molecular formula is C21H21ClN4O4. The number of fused-ring (bicyclic) bond motifs is 2. The first kappa shape index (κ1) is 18.4. The Balaban J connectivity index is 1.17. The van der Waals surface area contributed by atoms with Crippen LogP contribution in [0.2, 0.25) is 5.02 Å². The van der Waals surface area contributed by atoms with E-state index in [0.29, 0.717) is 46.6 Å². The molecule has 1 saturated carbocycles. The molecule has 4 heterocycles. The molecule has 0 spiro atoms. The van der Waals surface area contributed by atoms with Gasteiger partial charge in [0.25, 0.3) is 6.01 Å². The molecule has 1 aromatic carbocycles. The summed E-state index contributed by atoms with van der Waals surface area (Å²) in [5.41, 5.74) is 2.54. The highest BCUT2D eigenvalue weighted by Gasteiger charge is 2.48. The number of nitrogens with zero attached hydrogens (tertiary/aromatic N) is 2. The zero-order valence-corrected chi connectivity index (χ0v) is 16.7. The number of halogens is 1. The largest absolute Gasteiger partial charge is 0.456 e. The van der Waals surface area contributed by atoms with Gasteiger partial charge in [-0.1, -0.05) is 41.9 Å². The van der Waals surface area contributed by atoms with Gasteiger partial charge in [0.05, 0.1) is 23.8 Å². The number of pyridine rings is 1. The summed E-state index contributed by atoms with van der Waals surface area (Å²) >= 11 is 6.46. The molecule has 3 aliphatic rings. The third kappa shape index (κ3) is 3.20. The van der Waals surface area contributed by atoms with Crippen molar-refractivity contribution in [3.8, 4) is 6.01 Å². The third-order valence-corrected chi connectivity index (χ3v) is 6.28. The van der Waals surface area contributed by atoms with Crippen LogP contribution in [0.5, 0.6) is 6.01 Å². The molecule has 8 nitrogen and oxygen atoms in total. The number of aromatic nitrogens is 3. The van der Waals surface area contributed by atoms with Crippen LogP contribution < -0.4 is 10.1 Å². The SMILES string of the molecule is O[C@@H]1CO[C@H]2[C@@H]1OC[C@H]2Oc1nc2nc(N[C@H]3C[C@@H]3c3ccccc3)c(Cl)cc2[nH]1. The summed E-state index contributed by atoms with van der Waals surface area (Å²) in [6.45, 7) is 0.597. The molecule has 0 bridgehead atoms. The van der Waals surface area contributed by atoms with Crippen molar-refractivity contribution in [1.82, 2.24) is 15.0 Å². The molecule has 156 valence electrons. The number of benzene rings is 1. The van der Waals surface area contributed by atoms with Crippen molar-refractivity contribution in [2.24, 2.45) is 0 Å². The molecular weight excluding hydrogens is 408 g/mol. The summed E-state index contributed by atoms with van der Waals surface area (Å²) in [7, 11) is 0. The van der Waals surface area contributed by atoms with Gasteiger partial charge in [0.1, 0.15) is 24.1 Å². The number of rotatable bonds is 5. The smallest absolute Gasteiger partial charge is 0.296 e. The van der Waals surface area contributed by atoms with E-state index in [4.69, 9.17) is 25.8 Å². The van der Waals surface area contributed by atoms with Crippen LogP contribution in [-0.2, 0) is 9.47 Å². The number of aromatic amines is 1. The van der Waals surface area contributed by atoms with Crippen LogP contribution >= 0.6 is 11.6 Å². The van der Waals surface area contributed by atoms with Crippen molar-refractivity contribution < 1.29 is 19.3 Å². The average Bonchev–Trinajstić information content (AvgIpc) is 3.04.